The van der Waals surface area contributed by atoms with Crippen LogP contribution in [0.3, 0.4) is 0 Å². The van der Waals surface area contributed by atoms with Crippen LogP contribution in [0.5, 0.6) is 0 Å². The molecular weight excluding hydrogens is 415 g/mol. The maximum atomic E-state index is 13.3. The largest absolute Gasteiger partial charge is 0.339 e. The second kappa shape index (κ2) is 8.54. The third-order valence-corrected chi connectivity index (χ3v) is 7.02. The van der Waals surface area contributed by atoms with Gasteiger partial charge in [-0.2, -0.15) is 0 Å². The predicted octanol–water partition coefficient (Wildman–Crippen LogP) is 4.95. The summed E-state index contributed by atoms with van der Waals surface area (Å²) in [4.78, 5) is 15.4. The highest BCUT2D eigenvalue weighted by Gasteiger charge is 2.37. The number of benzene rings is 2. The van der Waals surface area contributed by atoms with Gasteiger partial charge in [-0.25, -0.2) is 8.51 Å². The minimum absolute atomic E-state index is 0.0858. The van der Waals surface area contributed by atoms with Crippen molar-refractivity contribution in [2.45, 2.75) is 31.7 Å². The third kappa shape index (κ3) is 4.60. The van der Waals surface area contributed by atoms with Crippen molar-refractivity contribution in [2.24, 2.45) is 5.41 Å². The lowest BCUT2D eigenvalue weighted by molar-refractivity contribution is -0.141. The van der Waals surface area contributed by atoms with E-state index in [1.807, 2.05) is 66.4 Å². The van der Waals surface area contributed by atoms with Gasteiger partial charge in [0.2, 0.25) is 5.91 Å². The first-order chi connectivity index (χ1) is 13.2. The molecule has 2 atom stereocenters. The minimum Gasteiger partial charge on any atom is -0.339 e. The van der Waals surface area contributed by atoms with Crippen LogP contribution in [0.25, 0.3) is 0 Å². The topological polar surface area (TPSA) is 40.6 Å². The SMILES string of the molecule is CC(C)(C)C(=O)N1CCN(S(=O)c2ccccc2)C(c2ccc(Cl)c(Cl)c2)C1. The summed E-state index contributed by atoms with van der Waals surface area (Å²) in [6.07, 6.45) is 0. The molecule has 2 unspecified atom stereocenters. The maximum absolute atomic E-state index is 13.3. The molecule has 0 bridgehead atoms. The van der Waals surface area contributed by atoms with Gasteiger partial charge in [-0.05, 0) is 29.8 Å². The van der Waals surface area contributed by atoms with E-state index in [1.165, 1.54) is 0 Å². The molecule has 1 saturated heterocycles. The Morgan fingerprint density at radius 2 is 1.71 bits per heavy atom. The second-order valence-corrected chi connectivity index (χ2v) is 10.1. The lowest BCUT2D eigenvalue weighted by Crippen LogP contribution is -2.53. The van der Waals surface area contributed by atoms with Gasteiger partial charge in [0.1, 0.15) is 11.0 Å². The average Bonchev–Trinajstić information content (AvgIpc) is 2.68. The molecule has 2 aromatic carbocycles. The number of rotatable bonds is 3. The molecule has 0 aliphatic carbocycles. The molecule has 4 nitrogen and oxygen atoms in total. The molecule has 3 rings (SSSR count). The summed E-state index contributed by atoms with van der Waals surface area (Å²) in [6, 6.07) is 14.6. The van der Waals surface area contributed by atoms with Crippen LogP contribution in [-0.2, 0) is 15.8 Å². The van der Waals surface area contributed by atoms with Gasteiger partial charge in [0, 0.05) is 25.0 Å². The van der Waals surface area contributed by atoms with Crippen molar-refractivity contribution in [3.8, 4) is 0 Å². The fourth-order valence-corrected chi connectivity index (χ4v) is 4.92. The van der Waals surface area contributed by atoms with E-state index in [2.05, 4.69) is 0 Å². The molecule has 1 aliphatic heterocycles. The Hall–Kier alpha value is -1.40. The van der Waals surface area contributed by atoms with Crippen molar-refractivity contribution in [3.63, 3.8) is 0 Å². The van der Waals surface area contributed by atoms with Crippen molar-refractivity contribution >= 4 is 40.1 Å². The van der Waals surface area contributed by atoms with Crippen LogP contribution < -0.4 is 0 Å². The Balaban J connectivity index is 1.96. The summed E-state index contributed by atoms with van der Waals surface area (Å²) in [5.41, 5.74) is 0.424. The second-order valence-electron chi connectivity index (χ2n) is 7.89. The first-order valence-corrected chi connectivity index (χ1v) is 11.0. The fourth-order valence-electron chi connectivity index (χ4n) is 3.29. The molecule has 0 radical (unpaired) electrons. The maximum Gasteiger partial charge on any atom is 0.228 e. The zero-order valence-electron chi connectivity index (χ0n) is 16.2. The highest BCUT2D eigenvalue weighted by molar-refractivity contribution is 7.82. The van der Waals surface area contributed by atoms with Gasteiger partial charge in [0.15, 0.2) is 0 Å². The molecule has 1 heterocycles. The number of piperazine rings is 1. The van der Waals surface area contributed by atoms with Gasteiger partial charge in [0.25, 0.3) is 0 Å². The Bertz CT molecular complexity index is 884. The predicted molar refractivity (Wildman–Crippen MR) is 115 cm³/mol. The van der Waals surface area contributed by atoms with Crippen molar-refractivity contribution in [2.75, 3.05) is 19.6 Å². The van der Waals surface area contributed by atoms with Crippen LogP contribution in [0.2, 0.25) is 10.0 Å². The molecule has 0 aromatic heterocycles. The summed E-state index contributed by atoms with van der Waals surface area (Å²) in [7, 11) is -1.34. The molecular formula is C21H24Cl2N2O2S. The van der Waals surface area contributed by atoms with Crippen LogP contribution in [0.1, 0.15) is 32.4 Å². The lowest BCUT2D eigenvalue weighted by atomic mass is 9.93. The summed E-state index contributed by atoms with van der Waals surface area (Å²) in [6.45, 7) is 7.24. The minimum atomic E-state index is -1.34. The molecule has 2 aromatic rings. The summed E-state index contributed by atoms with van der Waals surface area (Å²) in [5.74, 6) is 0.0858. The van der Waals surface area contributed by atoms with E-state index >= 15 is 0 Å². The number of halogens is 2. The summed E-state index contributed by atoms with van der Waals surface area (Å²) >= 11 is 12.3. The normalized spacial score (nSPS) is 19.5. The fraction of sp³-hybridized carbons (Fsp3) is 0.381. The number of hydrogen-bond donors (Lipinski definition) is 0. The van der Waals surface area contributed by atoms with Crippen LogP contribution >= 0.6 is 23.2 Å². The van der Waals surface area contributed by atoms with E-state index in [1.54, 1.807) is 12.1 Å². The molecule has 28 heavy (non-hydrogen) atoms. The molecule has 1 amide bonds. The Morgan fingerprint density at radius 3 is 2.32 bits per heavy atom. The van der Waals surface area contributed by atoms with Crippen LogP contribution in [0.15, 0.2) is 53.4 Å². The Kier molecular flexibility index (Phi) is 6.50. The highest BCUT2D eigenvalue weighted by Crippen LogP contribution is 2.34. The van der Waals surface area contributed by atoms with Crippen molar-refractivity contribution in [1.82, 2.24) is 9.21 Å². The molecule has 1 fully saturated rings. The average molecular weight is 439 g/mol. The van der Waals surface area contributed by atoms with Crippen LogP contribution in [0, 0.1) is 5.41 Å². The zero-order chi connectivity index (χ0) is 20.5. The quantitative estimate of drug-likeness (QED) is 0.679. The molecule has 0 spiro atoms. The third-order valence-electron chi connectivity index (χ3n) is 4.75. The van der Waals surface area contributed by atoms with E-state index in [-0.39, 0.29) is 11.9 Å². The Morgan fingerprint density at radius 1 is 1.04 bits per heavy atom. The van der Waals surface area contributed by atoms with E-state index in [0.29, 0.717) is 29.7 Å². The van der Waals surface area contributed by atoms with Crippen molar-refractivity contribution in [1.29, 1.82) is 0 Å². The summed E-state index contributed by atoms with van der Waals surface area (Å²) in [5, 5.41) is 0.920. The van der Waals surface area contributed by atoms with Gasteiger partial charge in [0.05, 0.1) is 21.0 Å². The number of hydrogen-bond acceptors (Lipinski definition) is 2. The molecule has 0 N–H and O–H groups in total. The van der Waals surface area contributed by atoms with Gasteiger partial charge in [-0.15, -0.1) is 0 Å². The van der Waals surface area contributed by atoms with Gasteiger partial charge < -0.3 is 4.90 Å². The molecule has 1 aliphatic rings. The van der Waals surface area contributed by atoms with E-state index < -0.39 is 16.4 Å². The van der Waals surface area contributed by atoms with Crippen molar-refractivity contribution in [3.05, 3.63) is 64.1 Å². The standard InChI is InChI=1S/C21H24Cl2N2O2S/c1-21(2,3)20(26)24-11-12-25(28(27)16-7-5-4-6-8-16)19(14-24)15-9-10-17(22)18(23)13-15/h4-10,13,19H,11-12,14H2,1-3H3. The number of carbonyl (C=O) groups excluding carboxylic acids is 1. The molecule has 150 valence electrons. The van der Waals surface area contributed by atoms with Crippen LogP contribution in [-0.4, -0.2) is 39.0 Å². The van der Waals surface area contributed by atoms with Gasteiger partial charge >= 0.3 is 0 Å². The van der Waals surface area contributed by atoms with E-state index in [0.717, 1.165) is 10.5 Å². The number of carbonyl (C=O) groups is 1. The highest BCUT2D eigenvalue weighted by atomic mass is 35.5. The van der Waals surface area contributed by atoms with E-state index in [4.69, 9.17) is 23.2 Å². The van der Waals surface area contributed by atoms with Gasteiger partial charge in [-0.3, -0.25) is 4.79 Å². The van der Waals surface area contributed by atoms with Crippen molar-refractivity contribution < 1.29 is 9.00 Å². The molecule has 0 saturated carbocycles. The monoisotopic (exact) mass is 438 g/mol. The zero-order valence-corrected chi connectivity index (χ0v) is 18.5. The number of amides is 1. The van der Waals surface area contributed by atoms with Gasteiger partial charge in [-0.1, -0.05) is 68.2 Å². The van der Waals surface area contributed by atoms with Crippen LogP contribution in [0.4, 0.5) is 0 Å². The smallest absolute Gasteiger partial charge is 0.228 e. The first kappa shape index (κ1) is 21.3. The van der Waals surface area contributed by atoms with E-state index in [9.17, 15) is 9.00 Å². The molecule has 7 heteroatoms. The Labute approximate surface area is 179 Å². The lowest BCUT2D eigenvalue weighted by Gasteiger charge is -2.42. The first-order valence-electron chi connectivity index (χ1n) is 9.16. The number of nitrogens with zero attached hydrogens (tertiary/aromatic N) is 2. The summed E-state index contributed by atoms with van der Waals surface area (Å²) < 4.78 is 15.2.